The summed E-state index contributed by atoms with van der Waals surface area (Å²) in [4.78, 5) is 63.5. The summed E-state index contributed by atoms with van der Waals surface area (Å²) < 4.78 is 40.1. The maximum atomic E-state index is 13.4. The van der Waals surface area contributed by atoms with Crippen molar-refractivity contribution in [3.05, 3.63) is 65.7 Å². The Labute approximate surface area is 270 Å². The highest BCUT2D eigenvalue weighted by Gasteiger charge is 2.39. The van der Waals surface area contributed by atoms with E-state index in [1.807, 2.05) is 0 Å². The monoisotopic (exact) mass is 665 g/mol. The van der Waals surface area contributed by atoms with Gasteiger partial charge in [0.05, 0.1) is 18.5 Å². The topological polar surface area (TPSA) is 200 Å². The van der Waals surface area contributed by atoms with Gasteiger partial charge in [0.2, 0.25) is 23.6 Å². The van der Waals surface area contributed by atoms with Crippen molar-refractivity contribution in [1.29, 1.82) is 0 Å². The summed E-state index contributed by atoms with van der Waals surface area (Å²) in [5.74, 6) is -7.02. The first kappa shape index (κ1) is 38.5. The lowest BCUT2D eigenvalue weighted by molar-refractivity contribution is -0.173. The lowest BCUT2D eigenvalue weighted by Gasteiger charge is -2.25. The highest BCUT2D eigenvalue weighted by molar-refractivity contribution is 5.94. The zero-order chi connectivity index (χ0) is 35.3. The summed E-state index contributed by atoms with van der Waals surface area (Å²) in [7, 11) is 0. The number of carboxylic acid groups (broad SMARTS) is 1. The SMILES string of the molecule is CC(C)C[C@H](NC(=O)[C@H](Cc1ccccc1)NC(=O)CNC(=O)[C@@H](C[C@H](C)C(F)(F)F)NC(=O)[C@@H](N)Cc1ccc(O)cc1)C(=O)O. The number of hydrogen-bond acceptors (Lipinski definition) is 7. The van der Waals surface area contributed by atoms with E-state index in [9.17, 15) is 47.4 Å². The third kappa shape index (κ3) is 13.7. The molecule has 2 rings (SSSR count). The Balaban J connectivity index is 2.14. The molecule has 0 heterocycles. The van der Waals surface area contributed by atoms with Crippen molar-refractivity contribution in [2.75, 3.05) is 6.54 Å². The van der Waals surface area contributed by atoms with Gasteiger partial charge in [-0.1, -0.05) is 63.2 Å². The first-order valence-electron chi connectivity index (χ1n) is 15.0. The summed E-state index contributed by atoms with van der Waals surface area (Å²) in [6, 6.07) is 8.86. The fourth-order valence-corrected chi connectivity index (χ4v) is 4.54. The van der Waals surface area contributed by atoms with Gasteiger partial charge in [0.1, 0.15) is 23.9 Å². The standard InChI is InChI=1S/C32H42F3N5O7/c1-18(2)13-26(31(46)47)40-30(45)25(16-20-7-5-4-6-8-20)38-27(42)17-37-29(44)24(14-19(3)32(33,34)35)39-28(43)23(36)15-21-9-11-22(41)12-10-21/h4-12,18-19,23-26,41H,13-17,36H2,1-3H3,(H,37,44)(H,38,42)(H,39,43)(H,40,45)(H,46,47)/t19-,23-,24+,25-,26-/m0/s1. The number of nitrogens with two attached hydrogens (primary N) is 1. The zero-order valence-electron chi connectivity index (χ0n) is 26.3. The lowest BCUT2D eigenvalue weighted by Crippen LogP contribution is -2.56. The van der Waals surface area contributed by atoms with Gasteiger partial charge in [-0.15, -0.1) is 0 Å². The molecule has 0 radical (unpaired) electrons. The second-order valence-corrected chi connectivity index (χ2v) is 11.8. The molecule has 0 saturated carbocycles. The molecule has 0 aliphatic heterocycles. The Hall–Kier alpha value is -4.66. The Kier molecular flexibility index (Phi) is 14.7. The molecular formula is C32H42F3N5O7. The largest absolute Gasteiger partial charge is 0.508 e. The van der Waals surface area contributed by atoms with Crippen LogP contribution in [0.5, 0.6) is 5.75 Å². The molecular weight excluding hydrogens is 623 g/mol. The molecule has 8 N–H and O–H groups in total. The number of carbonyl (C=O) groups excluding carboxylic acids is 4. The zero-order valence-corrected chi connectivity index (χ0v) is 26.3. The van der Waals surface area contributed by atoms with Gasteiger partial charge in [0, 0.05) is 6.42 Å². The minimum Gasteiger partial charge on any atom is -0.508 e. The van der Waals surface area contributed by atoms with Gasteiger partial charge >= 0.3 is 12.1 Å². The maximum Gasteiger partial charge on any atom is 0.391 e. The van der Waals surface area contributed by atoms with Crippen LogP contribution >= 0.6 is 0 Å². The van der Waals surface area contributed by atoms with Crippen molar-refractivity contribution < 1.29 is 47.4 Å². The van der Waals surface area contributed by atoms with Gasteiger partial charge in [-0.25, -0.2) is 4.79 Å². The van der Waals surface area contributed by atoms with E-state index in [2.05, 4.69) is 21.3 Å². The molecule has 15 heteroatoms. The lowest BCUT2D eigenvalue weighted by atomic mass is 9.99. The summed E-state index contributed by atoms with van der Waals surface area (Å²) in [5, 5.41) is 28.3. The second kappa shape index (κ2) is 17.9. The number of aliphatic carboxylic acids is 1. The first-order valence-corrected chi connectivity index (χ1v) is 15.0. The Bertz CT molecular complexity index is 1360. The highest BCUT2D eigenvalue weighted by atomic mass is 19.4. The van der Waals surface area contributed by atoms with E-state index in [0.29, 0.717) is 11.1 Å². The molecule has 0 fully saturated rings. The molecule has 0 aromatic heterocycles. The van der Waals surface area contributed by atoms with Crippen LogP contribution in [-0.4, -0.2) is 76.7 Å². The number of hydrogen-bond donors (Lipinski definition) is 7. The normalized spacial score (nSPS) is 14.6. The number of halogens is 3. The van der Waals surface area contributed by atoms with Crippen LogP contribution in [0.15, 0.2) is 54.6 Å². The predicted molar refractivity (Wildman–Crippen MR) is 166 cm³/mol. The Morgan fingerprint density at radius 1 is 0.745 bits per heavy atom. The molecule has 0 saturated heterocycles. The minimum absolute atomic E-state index is 0.0173. The molecule has 0 aliphatic carbocycles. The number of amides is 4. The molecule has 12 nitrogen and oxygen atoms in total. The van der Waals surface area contributed by atoms with E-state index in [1.165, 1.54) is 24.3 Å². The number of phenolic OH excluding ortho intramolecular Hbond substituents is 1. The summed E-state index contributed by atoms with van der Waals surface area (Å²) in [5.41, 5.74) is 7.13. The van der Waals surface area contributed by atoms with Crippen LogP contribution in [0.1, 0.15) is 44.7 Å². The molecule has 5 atom stereocenters. The molecule has 0 spiro atoms. The van der Waals surface area contributed by atoms with Crippen LogP contribution in [0.25, 0.3) is 0 Å². The average Bonchev–Trinajstić information content (AvgIpc) is 2.99. The number of carboxylic acids is 1. The molecule has 4 amide bonds. The minimum atomic E-state index is -4.68. The van der Waals surface area contributed by atoms with Gasteiger partial charge in [-0.2, -0.15) is 13.2 Å². The fourth-order valence-electron chi connectivity index (χ4n) is 4.54. The Morgan fingerprint density at radius 3 is 1.87 bits per heavy atom. The fraction of sp³-hybridized carbons (Fsp3) is 0.469. The number of benzene rings is 2. The quantitative estimate of drug-likeness (QED) is 0.133. The van der Waals surface area contributed by atoms with E-state index in [0.717, 1.165) is 6.92 Å². The van der Waals surface area contributed by atoms with Gasteiger partial charge in [0.15, 0.2) is 0 Å². The Morgan fingerprint density at radius 2 is 1.32 bits per heavy atom. The molecule has 2 aromatic carbocycles. The number of aromatic hydroxyl groups is 1. The van der Waals surface area contributed by atoms with Crippen molar-refractivity contribution in [3.8, 4) is 5.75 Å². The predicted octanol–water partition coefficient (Wildman–Crippen LogP) is 1.79. The first-order chi connectivity index (χ1) is 22.0. The number of phenols is 1. The van der Waals surface area contributed by atoms with Crippen LogP contribution in [0.3, 0.4) is 0 Å². The second-order valence-electron chi connectivity index (χ2n) is 11.8. The third-order valence-electron chi connectivity index (χ3n) is 7.19. The van der Waals surface area contributed by atoms with E-state index in [-0.39, 0.29) is 30.9 Å². The van der Waals surface area contributed by atoms with E-state index in [4.69, 9.17) is 5.73 Å². The van der Waals surface area contributed by atoms with Crippen molar-refractivity contribution >= 4 is 29.6 Å². The molecule has 0 aliphatic rings. The van der Waals surface area contributed by atoms with Crippen molar-refractivity contribution in [2.24, 2.45) is 17.6 Å². The number of nitrogens with one attached hydrogen (secondary N) is 4. The van der Waals surface area contributed by atoms with Gasteiger partial charge in [0.25, 0.3) is 0 Å². The van der Waals surface area contributed by atoms with Gasteiger partial charge in [-0.3, -0.25) is 19.2 Å². The number of alkyl halides is 3. The summed E-state index contributed by atoms with van der Waals surface area (Å²) in [6.45, 7) is 3.63. The third-order valence-corrected chi connectivity index (χ3v) is 7.19. The van der Waals surface area contributed by atoms with E-state index in [1.54, 1.807) is 44.2 Å². The number of rotatable bonds is 17. The van der Waals surface area contributed by atoms with E-state index < -0.39 is 78.8 Å². The van der Waals surface area contributed by atoms with Gasteiger partial charge < -0.3 is 37.2 Å². The van der Waals surface area contributed by atoms with Crippen LogP contribution in [0, 0.1) is 11.8 Å². The van der Waals surface area contributed by atoms with Crippen LogP contribution in [0.4, 0.5) is 13.2 Å². The average molecular weight is 666 g/mol. The molecule has 0 unspecified atom stereocenters. The highest BCUT2D eigenvalue weighted by Crippen LogP contribution is 2.29. The van der Waals surface area contributed by atoms with Crippen LogP contribution in [0.2, 0.25) is 0 Å². The summed E-state index contributed by atoms with van der Waals surface area (Å²) in [6.07, 6.45) is -5.47. The van der Waals surface area contributed by atoms with Gasteiger partial charge in [-0.05, 0) is 48.4 Å². The van der Waals surface area contributed by atoms with Crippen LogP contribution in [-0.2, 0) is 36.8 Å². The van der Waals surface area contributed by atoms with Crippen molar-refractivity contribution in [3.63, 3.8) is 0 Å². The summed E-state index contributed by atoms with van der Waals surface area (Å²) >= 11 is 0. The van der Waals surface area contributed by atoms with Crippen molar-refractivity contribution in [1.82, 2.24) is 21.3 Å². The smallest absolute Gasteiger partial charge is 0.391 e. The van der Waals surface area contributed by atoms with E-state index >= 15 is 0 Å². The van der Waals surface area contributed by atoms with Crippen molar-refractivity contribution in [2.45, 2.75) is 76.8 Å². The maximum absolute atomic E-state index is 13.4. The van der Waals surface area contributed by atoms with Crippen LogP contribution < -0.4 is 27.0 Å². The molecule has 0 bridgehead atoms. The molecule has 258 valence electrons. The molecule has 47 heavy (non-hydrogen) atoms. The number of carbonyl (C=O) groups is 5. The molecule has 2 aromatic rings.